The van der Waals surface area contributed by atoms with Crippen LogP contribution in [0.2, 0.25) is 0 Å². The standard InChI is InChI=1S/C20H36N6O2.HI/c1-23(2)18(27)12-21-20(22-13-19(28)24(3)4)25-11-9-17-15(14-25)6-5-10-26(17)16-7-8-16;/h15-17H,5-14H2,1-4H3,(H,21,22);1H. The Labute approximate surface area is 192 Å². The van der Waals surface area contributed by atoms with Gasteiger partial charge in [-0.05, 0) is 44.6 Å². The van der Waals surface area contributed by atoms with Crippen LogP contribution in [-0.4, -0.2) is 110 Å². The van der Waals surface area contributed by atoms with Crippen molar-refractivity contribution in [1.82, 2.24) is 24.9 Å². The zero-order valence-electron chi connectivity index (χ0n) is 18.3. The van der Waals surface area contributed by atoms with E-state index in [4.69, 9.17) is 0 Å². The first-order valence-electron chi connectivity index (χ1n) is 10.6. The lowest BCUT2D eigenvalue weighted by Gasteiger charge is -2.48. The molecule has 1 saturated carbocycles. The van der Waals surface area contributed by atoms with Crippen LogP contribution in [0.4, 0.5) is 0 Å². The molecule has 0 aromatic rings. The fraction of sp³-hybridized carbons (Fsp3) is 0.850. The van der Waals surface area contributed by atoms with E-state index in [0.717, 1.165) is 25.6 Å². The molecule has 0 aromatic heterocycles. The first kappa shape index (κ1) is 24.2. The molecule has 3 rings (SSSR count). The predicted octanol–water partition coefficient (Wildman–Crippen LogP) is 0.675. The molecule has 0 spiro atoms. The highest BCUT2D eigenvalue weighted by atomic mass is 127. The molecule has 2 atom stereocenters. The number of aliphatic imine (C=N–C) groups is 1. The van der Waals surface area contributed by atoms with Crippen molar-refractivity contribution in [3.8, 4) is 0 Å². The molecule has 2 amide bonds. The number of guanidine groups is 1. The van der Waals surface area contributed by atoms with Crippen molar-refractivity contribution >= 4 is 41.8 Å². The van der Waals surface area contributed by atoms with Gasteiger partial charge in [0.25, 0.3) is 0 Å². The zero-order valence-corrected chi connectivity index (χ0v) is 20.6. The highest BCUT2D eigenvalue weighted by Gasteiger charge is 2.42. The number of likely N-dealkylation sites (tertiary alicyclic amines) is 2. The van der Waals surface area contributed by atoms with Crippen LogP contribution >= 0.6 is 24.0 Å². The quantitative estimate of drug-likeness (QED) is 0.328. The molecule has 1 N–H and O–H groups in total. The summed E-state index contributed by atoms with van der Waals surface area (Å²) in [4.78, 5) is 36.7. The van der Waals surface area contributed by atoms with Crippen molar-refractivity contribution in [1.29, 1.82) is 0 Å². The minimum Gasteiger partial charge on any atom is -0.347 e. The lowest BCUT2D eigenvalue weighted by molar-refractivity contribution is -0.127. The van der Waals surface area contributed by atoms with Crippen LogP contribution in [0.3, 0.4) is 0 Å². The SMILES string of the molecule is CN(C)C(=O)CN=C(NCC(=O)N(C)C)N1CCC2C(CCCN2C2CC2)C1.I. The Morgan fingerprint density at radius 3 is 2.31 bits per heavy atom. The molecule has 0 aromatic carbocycles. The number of carbonyl (C=O) groups excluding carboxylic acids is 2. The third-order valence-electron chi connectivity index (χ3n) is 6.19. The van der Waals surface area contributed by atoms with E-state index >= 15 is 0 Å². The number of carbonyl (C=O) groups is 2. The molecule has 0 bridgehead atoms. The number of fused-ring (bicyclic) bond motifs is 1. The summed E-state index contributed by atoms with van der Waals surface area (Å²) in [5.41, 5.74) is 0. The number of rotatable bonds is 5. The predicted molar refractivity (Wildman–Crippen MR) is 126 cm³/mol. The molecule has 2 unspecified atom stereocenters. The average Bonchev–Trinajstić information content (AvgIpc) is 3.51. The average molecular weight is 520 g/mol. The topological polar surface area (TPSA) is 71.5 Å². The molecule has 2 saturated heterocycles. The van der Waals surface area contributed by atoms with Crippen LogP contribution in [0.1, 0.15) is 32.1 Å². The molecule has 8 nitrogen and oxygen atoms in total. The molecule has 3 fully saturated rings. The summed E-state index contributed by atoms with van der Waals surface area (Å²) in [6, 6.07) is 1.51. The number of amides is 2. The number of hydrogen-bond acceptors (Lipinski definition) is 4. The largest absolute Gasteiger partial charge is 0.347 e. The number of hydrogen-bond donors (Lipinski definition) is 1. The Bertz CT molecular complexity index is 608. The van der Waals surface area contributed by atoms with Crippen LogP contribution in [0.25, 0.3) is 0 Å². The van der Waals surface area contributed by atoms with Gasteiger partial charge in [-0.3, -0.25) is 14.5 Å². The summed E-state index contributed by atoms with van der Waals surface area (Å²) >= 11 is 0. The molecule has 0 radical (unpaired) electrons. The molecule has 2 heterocycles. The monoisotopic (exact) mass is 520 g/mol. The van der Waals surface area contributed by atoms with Crippen molar-refractivity contribution in [3.05, 3.63) is 0 Å². The van der Waals surface area contributed by atoms with E-state index < -0.39 is 0 Å². The number of likely N-dealkylation sites (N-methyl/N-ethyl adjacent to an activating group) is 2. The minimum absolute atomic E-state index is 0. The van der Waals surface area contributed by atoms with E-state index in [0.29, 0.717) is 17.9 Å². The second-order valence-electron chi connectivity index (χ2n) is 8.74. The summed E-state index contributed by atoms with van der Waals surface area (Å²) in [6.45, 7) is 3.42. The summed E-state index contributed by atoms with van der Waals surface area (Å²) in [7, 11) is 6.97. The molecule has 9 heteroatoms. The number of nitrogens with one attached hydrogen (secondary N) is 1. The van der Waals surface area contributed by atoms with Crippen LogP contribution in [0, 0.1) is 5.92 Å². The highest BCUT2D eigenvalue weighted by molar-refractivity contribution is 14.0. The van der Waals surface area contributed by atoms with Gasteiger partial charge in [0.1, 0.15) is 6.54 Å². The highest BCUT2D eigenvalue weighted by Crippen LogP contribution is 2.38. The summed E-state index contributed by atoms with van der Waals surface area (Å²) in [5.74, 6) is 1.29. The lowest BCUT2D eigenvalue weighted by atomic mass is 9.83. The second kappa shape index (κ2) is 10.8. The fourth-order valence-electron chi connectivity index (χ4n) is 4.36. The van der Waals surface area contributed by atoms with Gasteiger partial charge < -0.3 is 20.0 Å². The van der Waals surface area contributed by atoms with Crippen molar-refractivity contribution in [2.75, 3.05) is 60.9 Å². The molecule has 3 aliphatic rings. The second-order valence-corrected chi connectivity index (χ2v) is 8.74. The van der Waals surface area contributed by atoms with E-state index in [1.807, 2.05) is 0 Å². The Morgan fingerprint density at radius 2 is 1.69 bits per heavy atom. The number of nitrogens with zero attached hydrogens (tertiary/aromatic N) is 5. The van der Waals surface area contributed by atoms with E-state index in [2.05, 4.69) is 20.1 Å². The Balaban J connectivity index is 0.00000300. The molecule has 2 aliphatic heterocycles. The Kier molecular flexibility index (Phi) is 8.99. The first-order valence-corrected chi connectivity index (χ1v) is 10.6. The maximum atomic E-state index is 12.0. The van der Waals surface area contributed by atoms with Gasteiger partial charge in [-0.2, -0.15) is 0 Å². The zero-order chi connectivity index (χ0) is 20.3. The van der Waals surface area contributed by atoms with E-state index in [9.17, 15) is 9.59 Å². The molecule has 1 aliphatic carbocycles. The summed E-state index contributed by atoms with van der Waals surface area (Å²) in [5, 5.41) is 3.21. The number of piperidine rings is 2. The minimum atomic E-state index is -0.0364. The van der Waals surface area contributed by atoms with Gasteiger partial charge >= 0.3 is 0 Å². The smallest absolute Gasteiger partial charge is 0.243 e. The first-order chi connectivity index (χ1) is 13.4. The Morgan fingerprint density at radius 1 is 1.00 bits per heavy atom. The van der Waals surface area contributed by atoms with Gasteiger partial charge in [-0.15, -0.1) is 24.0 Å². The van der Waals surface area contributed by atoms with Crippen molar-refractivity contribution in [2.45, 2.75) is 44.2 Å². The molecular formula is C20H37IN6O2. The van der Waals surface area contributed by atoms with Gasteiger partial charge in [0.2, 0.25) is 11.8 Å². The van der Waals surface area contributed by atoms with Gasteiger partial charge in [0, 0.05) is 53.4 Å². The third kappa shape index (κ3) is 6.44. The van der Waals surface area contributed by atoms with Crippen LogP contribution in [-0.2, 0) is 9.59 Å². The summed E-state index contributed by atoms with van der Waals surface area (Å²) < 4.78 is 0. The van der Waals surface area contributed by atoms with Crippen LogP contribution in [0.15, 0.2) is 4.99 Å². The van der Waals surface area contributed by atoms with Gasteiger partial charge in [-0.25, -0.2) is 4.99 Å². The molecule has 29 heavy (non-hydrogen) atoms. The van der Waals surface area contributed by atoms with Gasteiger partial charge in [-0.1, -0.05) is 0 Å². The third-order valence-corrected chi connectivity index (χ3v) is 6.19. The molecular weight excluding hydrogens is 483 g/mol. The van der Waals surface area contributed by atoms with E-state index in [1.165, 1.54) is 32.2 Å². The van der Waals surface area contributed by atoms with Crippen molar-refractivity contribution in [2.24, 2.45) is 10.9 Å². The number of halogens is 1. The van der Waals surface area contributed by atoms with E-state index in [-0.39, 0.29) is 48.9 Å². The van der Waals surface area contributed by atoms with Crippen molar-refractivity contribution < 1.29 is 9.59 Å². The normalized spacial score (nSPS) is 25.0. The fourth-order valence-corrected chi connectivity index (χ4v) is 4.36. The van der Waals surface area contributed by atoms with E-state index in [1.54, 1.807) is 38.0 Å². The lowest BCUT2D eigenvalue weighted by Crippen LogP contribution is -2.58. The van der Waals surface area contributed by atoms with Crippen LogP contribution < -0.4 is 5.32 Å². The van der Waals surface area contributed by atoms with Crippen molar-refractivity contribution in [3.63, 3.8) is 0 Å². The van der Waals surface area contributed by atoms with Gasteiger partial charge in [0.05, 0.1) is 6.54 Å². The van der Waals surface area contributed by atoms with Gasteiger partial charge in [0.15, 0.2) is 5.96 Å². The Hall–Kier alpha value is -1.10. The summed E-state index contributed by atoms with van der Waals surface area (Å²) in [6.07, 6.45) is 6.38. The maximum Gasteiger partial charge on any atom is 0.243 e. The molecule has 166 valence electrons. The van der Waals surface area contributed by atoms with Crippen LogP contribution in [0.5, 0.6) is 0 Å². The maximum absolute atomic E-state index is 12.0.